The molecule has 1 aliphatic carbocycles. The summed E-state index contributed by atoms with van der Waals surface area (Å²) in [5.41, 5.74) is 1.24. The lowest BCUT2D eigenvalue weighted by molar-refractivity contribution is 0.102. The minimum absolute atomic E-state index is 0.243. The van der Waals surface area contributed by atoms with Crippen LogP contribution < -0.4 is 0 Å². The van der Waals surface area contributed by atoms with Crippen molar-refractivity contribution in [3.63, 3.8) is 0 Å². The lowest BCUT2D eigenvalue weighted by atomic mass is 9.93. The molecule has 0 saturated heterocycles. The van der Waals surface area contributed by atoms with Crippen molar-refractivity contribution < 1.29 is 5.11 Å². The van der Waals surface area contributed by atoms with Gasteiger partial charge in [0.15, 0.2) is 0 Å². The van der Waals surface area contributed by atoms with Crippen molar-refractivity contribution in [2.24, 2.45) is 5.92 Å². The fourth-order valence-corrected chi connectivity index (χ4v) is 4.14. The van der Waals surface area contributed by atoms with E-state index in [1.165, 1.54) is 44.1 Å². The van der Waals surface area contributed by atoms with Crippen LogP contribution in [0.5, 0.6) is 0 Å². The number of aliphatic hydroxyl groups is 1. The topological polar surface area (TPSA) is 20.2 Å². The molecule has 1 unspecified atom stereocenters. The van der Waals surface area contributed by atoms with E-state index in [-0.39, 0.29) is 6.10 Å². The van der Waals surface area contributed by atoms with Gasteiger partial charge in [-0.1, -0.05) is 25.7 Å². The first-order valence-corrected chi connectivity index (χ1v) is 7.73. The van der Waals surface area contributed by atoms with Crippen molar-refractivity contribution in [3.8, 4) is 0 Å². The van der Waals surface area contributed by atoms with Gasteiger partial charge in [-0.2, -0.15) is 0 Å². The Morgan fingerprint density at radius 3 is 2.44 bits per heavy atom. The van der Waals surface area contributed by atoms with Crippen LogP contribution in [0.3, 0.4) is 0 Å². The number of hydrogen-bond acceptors (Lipinski definition) is 2. The summed E-state index contributed by atoms with van der Waals surface area (Å²) in [7, 11) is 0. The summed E-state index contributed by atoms with van der Waals surface area (Å²) in [5.74, 6) is 0.479. The molecule has 2 rings (SSSR count). The Morgan fingerprint density at radius 2 is 1.94 bits per heavy atom. The van der Waals surface area contributed by atoms with E-state index in [0.29, 0.717) is 5.92 Å². The largest absolute Gasteiger partial charge is 0.387 e. The van der Waals surface area contributed by atoms with Gasteiger partial charge in [-0.25, -0.2) is 0 Å². The highest BCUT2D eigenvalue weighted by atomic mass is 79.9. The molecule has 0 amide bonds. The zero-order valence-electron chi connectivity index (χ0n) is 9.71. The molecule has 1 atom stereocenters. The molecule has 1 heterocycles. The summed E-state index contributed by atoms with van der Waals surface area (Å²) in [6.07, 6.45) is 7.40. The first kappa shape index (κ1) is 12.6. The van der Waals surface area contributed by atoms with Gasteiger partial charge in [-0.05, 0) is 53.2 Å². The monoisotopic (exact) mass is 302 g/mol. The summed E-state index contributed by atoms with van der Waals surface area (Å²) in [5, 5.41) is 10.4. The van der Waals surface area contributed by atoms with Gasteiger partial charge in [0.1, 0.15) is 0 Å². The first-order valence-electron chi connectivity index (χ1n) is 6.12. The molecular formula is C13H19BrOS. The lowest BCUT2D eigenvalue weighted by Crippen LogP contribution is -2.10. The number of aliphatic hydroxyl groups excluding tert-OH is 1. The third-order valence-electron chi connectivity index (χ3n) is 3.51. The smallest absolute Gasteiger partial charge is 0.0910 e. The summed E-state index contributed by atoms with van der Waals surface area (Å²) in [6.45, 7) is 2.09. The number of thiophene rings is 1. The Hall–Kier alpha value is 0.140. The average molecular weight is 303 g/mol. The van der Waals surface area contributed by atoms with Crippen molar-refractivity contribution in [1.29, 1.82) is 0 Å². The fraction of sp³-hybridized carbons (Fsp3) is 0.692. The highest BCUT2D eigenvalue weighted by molar-refractivity contribution is 9.11. The normalized spacial score (nSPS) is 20.7. The van der Waals surface area contributed by atoms with Crippen molar-refractivity contribution in [1.82, 2.24) is 0 Å². The van der Waals surface area contributed by atoms with Crippen molar-refractivity contribution in [2.45, 2.75) is 51.6 Å². The van der Waals surface area contributed by atoms with Gasteiger partial charge in [-0.3, -0.25) is 0 Å². The van der Waals surface area contributed by atoms with E-state index >= 15 is 0 Å². The van der Waals surface area contributed by atoms with E-state index in [2.05, 4.69) is 28.9 Å². The minimum atomic E-state index is -0.243. The number of rotatable bonds is 2. The standard InChI is InChI=1S/C13H19BrOS/c1-9-8-11(16-13(9)14)12(15)10-6-4-2-3-5-7-10/h8,10,12,15H,2-7H2,1H3. The molecular weight excluding hydrogens is 284 g/mol. The Morgan fingerprint density at radius 1 is 1.31 bits per heavy atom. The van der Waals surface area contributed by atoms with Crippen molar-refractivity contribution in [2.75, 3.05) is 0 Å². The van der Waals surface area contributed by atoms with Crippen LogP contribution in [0.2, 0.25) is 0 Å². The van der Waals surface area contributed by atoms with Crippen LogP contribution >= 0.6 is 27.3 Å². The maximum absolute atomic E-state index is 10.4. The van der Waals surface area contributed by atoms with Gasteiger partial charge in [0.2, 0.25) is 0 Å². The van der Waals surface area contributed by atoms with Crippen LogP contribution in [0.25, 0.3) is 0 Å². The summed E-state index contributed by atoms with van der Waals surface area (Å²) < 4.78 is 1.16. The van der Waals surface area contributed by atoms with Gasteiger partial charge >= 0.3 is 0 Å². The molecule has 1 nitrogen and oxygen atoms in total. The predicted molar refractivity (Wildman–Crippen MR) is 72.9 cm³/mol. The molecule has 0 aromatic carbocycles. The zero-order chi connectivity index (χ0) is 11.5. The van der Waals surface area contributed by atoms with Crippen LogP contribution in [-0.2, 0) is 0 Å². The van der Waals surface area contributed by atoms with Crippen molar-refractivity contribution >= 4 is 27.3 Å². The van der Waals surface area contributed by atoms with Gasteiger partial charge in [-0.15, -0.1) is 11.3 Å². The predicted octanol–water partition coefficient (Wildman–Crippen LogP) is 4.82. The van der Waals surface area contributed by atoms with Gasteiger partial charge in [0.25, 0.3) is 0 Å². The first-order chi connectivity index (χ1) is 7.68. The highest BCUT2D eigenvalue weighted by Gasteiger charge is 2.23. The van der Waals surface area contributed by atoms with Crippen LogP contribution in [0.4, 0.5) is 0 Å². The maximum Gasteiger partial charge on any atom is 0.0910 e. The second kappa shape index (κ2) is 5.65. The Balaban J connectivity index is 2.07. The van der Waals surface area contributed by atoms with E-state index in [1.54, 1.807) is 11.3 Å². The van der Waals surface area contributed by atoms with E-state index in [0.717, 1.165) is 8.66 Å². The molecule has 3 heteroatoms. The van der Waals surface area contributed by atoms with E-state index in [4.69, 9.17) is 0 Å². The van der Waals surface area contributed by atoms with E-state index in [9.17, 15) is 5.11 Å². The van der Waals surface area contributed by atoms with Crippen LogP contribution in [0, 0.1) is 12.8 Å². The van der Waals surface area contributed by atoms with Crippen molar-refractivity contribution in [3.05, 3.63) is 20.3 Å². The van der Waals surface area contributed by atoms with E-state index in [1.807, 2.05) is 0 Å². The Labute approximate surface area is 110 Å². The number of aryl methyl sites for hydroxylation is 1. The minimum Gasteiger partial charge on any atom is -0.387 e. The SMILES string of the molecule is Cc1cc(C(O)C2CCCCCC2)sc1Br. The number of halogens is 1. The molecule has 1 fully saturated rings. The molecule has 90 valence electrons. The van der Waals surface area contributed by atoms with E-state index < -0.39 is 0 Å². The van der Waals surface area contributed by atoms with Crippen LogP contribution in [0.15, 0.2) is 9.85 Å². The average Bonchev–Trinajstić information content (AvgIpc) is 2.51. The maximum atomic E-state index is 10.4. The molecule has 1 aromatic rings. The Kier molecular flexibility index (Phi) is 4.45. The second-order valence-corrected chi connectivity index (χ2v) is 7.20. The molecule has 16 heavy (non-hydrogen) atoms. The summed E-state index contributed by atoms with van der Waals surface area (Å²) in [6, 6.07) is 2.13. The molecule has 0 aliphatic heterocycles. The third kappa shape index (κ3) is 2.88. The molecule has 1 N–H and O–H groups in total. The highest BCUT2D eigenvalue weighted by Crippen LogP contribution is 2.38. The third-order valence-corrected chi connectivity index (χ3v) is 5.72. The van der Waals surface area contributed by atoms with Crippen LogP contribution in [-0.4, -0.2) is 5.11 Å². The molecule has 1 aliphatic rings. The number of hydrogen-bond donors (Lipinski definition) is 1. The van der Waals surface area contributed by atoms with Gasteiger partial charge in [0, 0.05) is 4.88 Å². The quantitative estimate of drug-likeness (QED) is 0.776. The Bertz CT molecular complexity index is 320. The summed E-state index contributed by atoms with van der Waals surface area (Å²) >= 11 is 5.22. The van der Waals surface area contributed by atoms with Gasteiger partial charge < -0.3 is 5.11 Å². The van der Waals surface area contributed by atoms with Crippen LogP contribution in [0.1, 0.15) is 55.1 Å². The molecule has 1 aromatic heterocycles. The molecule has 0 radical (unpaired) electrons. The molecule has 1 saturated carbocycles. The fourth-order valence-electron chi connectivity index (χ4n) is 2.49. The summed E-state index contributed by atoms with van der Waals surface area (Å²) in [4.78, 5) is 1.14. The molecule has 0 bridgehead atoms. The second-order valence-electron chi connectivity index (χ2n) is 4.80. The zero-order valence-corrected chi connectivity index (χ0v) is 12.1. The molecule has 0 spiro atoms. The van der Waals surface area contributed by atoms with Gasteiger partial charge in [0.05, 0.1) is 9.89 Å². The lowest BCUT2D eigenvalue weighted by Gasteiger charge is -2.19.